The molecular weight excluding hydrogens is 845 g/mol. The Kier molecular flexibility index (Phi) is 9.25. The Hall–Kier alpha value is -9.24. The van der Waals surface area contributed by atoms with E-state index < -0.39 is 0 Å². The molecule has 0 saturated carbocycles. The van der Waals surface area contributed by atoms with Gasteiger partial charge in [-0.15, -0.1) is 0 Å². The van der Waals surface area contributed by atoms with Crippen LogP contribution < -0.4 is 4.90 Å². The Labute approximate surface area is 406 Å². The molecule has 14 rings (SSSR count). The molecule has 0 unspecified atom stereocenters. The van der Waals surface area contributed by atoms with Gasteiger partial charge >= 0.3 is 0 Å². The lowest BCUT2D eigenvalue weighted by molar-refractivity contribution is 1.18. The highest BCUT2D eigenvalue weighted by atomic mass is 15.1. The average Bonchev–Trinajstić information content (AvgIpc) is 3.76. The number of hydrogen-bond donors (Lipinski definition) is 0. The molecule has 1 aromatic heterocycles. The van der Waals surface area contributed by atoms with Gasteiger partial charge < -0.3 is 9.47 Å². The monoisotopic (exact) mass is 888 g/mol. The number of para-hydroxylation sites is 2. The van der Waals surface area contributed by atoms with Gasteiger partial charge in [0.1, 0.15) is 0 Å². The molecule has 14 aromatic rings. The van der Waals surface area contributed by atoms with Crippen molar-refractivity contribution in [3.63, 3.8) is 0 Å². The third kappa shape index (κ3) is 6.57. The quantitative estimate of drug-likeness (QED) is 0.145. The number of hydrogen-bond acceptors (Lipinski definition) is 1. The maximum Gasteiger partial charge on any atom is 0.0553 e. The van der Waals surface area contributed by atoms with Crippen molar-refractivity contribution in [3.8, 4) is 39.1 Å². The Morgan fingerprint density at radius 1 is 0.243 bits per heavy atom. The van der Waals surface area contributed by atoms with Gasteiger partial charge in [-0.05, 0) is 160 Å². The minimum atomic E-state index is 1.08. The van der Waals surface area contributed by atoms with Crippen LogP contribution in [0.5, 0.6) is 0 Å². The van der Waals surface area contributed by atoms with Gasteiger partial charge in [0.25, 0.3) is 0 Å². The summed E-state index contributed by atoms with van der Waals surface area (Å²) >= 11 is 0. The second-order valence-corrected chi connectivity index (χ2v) is 18.5. The predicted molar refractivity (Wildman–Crippen MR) is 299 cm³/mol. The van der Waals surface area contributed by atoms with Crippen LogP contribution in [0.25, 0.3) is 115 Å². The highest BCUT2D eigenvalue weighted by molar-refractivity contribution is 6.23. The fourth-order valence-electron chi connectivity index (χ4n) is 11.2. The molecule has 0 fully saturated rings. The van der Waals surface area contributed by atoms with E-state index in [9.17, 15) is 0 Å². The van der Waals surface area contributed by atoms with E-state index >= 15 is 0 Å². The molecule has 0 amide bonds. The largest absolute Gasteiger partial charge is 0.310 e. The van der Waals surface area contributed by atoms with Gasteiger partial charge in [0.15, 0.2) is 0 Å². The van der Waals surface area contributed by atoms with Crippen LogP contribution in [-0.2, 0) is 0 Å². The smallest absolute Gasteiger partial charge is 0.0553 e. The highest BCUT2D eigenvalue weighted by Gasteiger charge is 2.21. The van der Waals surface area contributed by atoms with E-state index in [0.29, 0.717) is 0 Å². The van der Waals surface area contributed by atoms with E-state index in [0.717, 1.165) is 22.7 Å². The van der Waals surface area contributed by atoms with Crippen molar-refractivity contribution < 1.29 is 0 Å². The summed E-state index contributed by atoms with van der Waals surface area (Å²) in [5.74, 6) is 0. The Morgan fingerprint density at radius 2 is 0.714 bits per heavy atom. The first kappa shape index (κ1) is 39.9. The van der Waals surface area contributed by atoms with Crippen LogP contribution in [0.2, 0.25) is 0 Å². The van der Waals surface area contributed by atoms with Crippen LogP contribution in [0.15, 0.2) is 267 Å². The molecule has 0 N–H and O–H groups in total. The Morgan fingerprint density at radius 3 is 1.33 bits per heavy atom. The third-order valence-corrected chi connectivity index (χ3v) is 14.5. The zero-order valence-corrected chi connectivity index (χ0v) is 38.3. The lowest BCUT2D eigenvalue weighted by Crippen LogP contribution is -2.10. The maximum atomic E-state index is 2.43. The molecule has 0 aliphatic rings. The number of aromatic nitrogens is 1. The molecule has 0 spiro atoms. The van der Waals surface area contributed by atoms with Crippen molar-refractivity contribution in [2.24, 2.45) is 0 Å². The normalized spacial score (nSPS) is 11.7. The van der Waals surface area contributed by atoms with Crippen molar-refractivity contribution in [2.45, 2.75) is 0 Å². The van der Waals surface area contributed by atoms with Crippen molar-refractivity contribution in [2.75, 3.05) is 4.90 Å². The summed E-state index contributed by atoms with van der Waals surface area (Å²) in [6.45, 7) is 0. The van der Waals surface area contributed by atoms with Gasteiger partial charge in [-0.25, -0.2) is 0 Å². The summed E-state index contributed by atoms with van der Waals surface area (Å²) in [6, 6.07) is 98.2. The van der Waals surface area contributed by atoms with E-state index in [1.807, 2.05) is 0 Å². The molecule has 2 nitrogen and oxygen atoms in total. The number of fused-ring (bicyclic) bond motifs is 10. The van der Waals surface area contributed by atoms with Crippen LogP contribution in [-0.4, -0.2) is 4.57 Å². The first-order chi connectivity index (χ1) is 34.7. The van der Waals surface area contributed by atoms with Crippen LogP contribution in [0, 0.1) is 0 Å². The number of benzene rings is 13. The van der Waals surface area contributed by atoms with Gasteiger partial charge in [0.2, 0.25) is 0 Å². The molecule has 0 bridgehead atoms. The van der Waals surface area contributed by atoms with Crippen LogP contribution in [0.4, 0.5) is 17.1 Å². The molecule has 0 aliphatic carbocycles. The number of nitrogens with zero attached hydrogens (tertiary/aromatic N) is 2. The van der Waals surface area contributed by atoms with Crippen molar-refractivity contribution in [1.29, 1.82) is 0 Å². The van der Waals surface area contributed by atoms with Crippen LogP contribution in [0.1, 0.15) is 0 Å². The molecular formula is C68H44N2. The first-order valence-electron chi connectivity index (χ1n) is 24.2. The topological polar surface area (TPSA) is 8.17 Å². The lowest BCUT2D eigenvalue weighted by Gasteiger charge is -2.27. The highest BCUT2D eigenvalue weighted by Crippen LogP contribution is 2.45. The molecule has 0 saturated heterocycles. The fraction of sp³-hybridized carbons (Fsp3) is 0. The molecule has 0 aliphatic heterocycles. The predicted octanol–water partition coefficient (Wildman–Crippen LogP) is 19.0. The minimum Gasteiger partial charge on any atom is -0.310 e. The summed E-state index contributed by atoms with van der Waals surface area (Å²) < 4.78 is 2.43. The van der Waals surface area contributed by atoms with Crippen molar-refractivity contribution >= 4 is 92.7 Å². The molecule has 326 valence electrons. The molecule has 2 heteroatoms. The van der Waals surface area contributed by atoms with Crippen molar-refractivity contribution in [1.82, 2.24) is 4.57 Å². The van der Waals surface area contributed by atoms with Crippen LogP contribution >= 0.6 is 0 Å². The van der Waals surface area contributed by atoms with E-state index in [1.54, 1.807) is 0 Å². The van der Waals surface area contributed by atoms with E-state index in [-0.39, 0.29) is 0 Å². The molecule has 1 heterocycles. The molecule has 70 heavy (non-hydrogen) atoms. The van der Waals surface area contributed by atoms with Gasteiger partial charge in [-0.3, -0.25) is 0 Å². The second kappa shape index (κ2) is 16.2. The molecule has 13 aromatic carbocycles. The summed E-state index contributed by atoms with van der Waals surface area (Å²) in [5, 5.41) is 15.1. The third-order valence-electron chi connectivity index (χ3n) is 14.5. The van der Waals surface area contributed by atoms with Gasteiger partial charge in [0, 0.05) is 33.5 Å². The molecule has 0 atom stereocenters. The zero-order valence-electron chi connectivity index (χ0n) is 38.3. The van der Waals surface area contributed by atoms with Gasteiger partial charge in [-0.2, -0.15) is 0 Å². The summed E-state index contributed by atoms with van der Waals surface area (Å²) in [4.78, 5) is 2.41. The maximum absolute atomic E-state index is 2.43. The molecule has 0 radical (unpaired) electrons. The summed E-state index contributed by atoms with van der Waals surface area (Å²) in [6.07, 6.45) is 0. The van der Waals surface area contributed by atoms with E-state index in [2.05, 4.69) is 276 Å². The zero-order chi connectivity index (χ0) is 46.1. The number of rotatable bonds is 7. The van der Waals surface area contributed by atoms with E-state index in [1.165, 1.54) is 109 Å². The van der Waals surface area contributed by atoms with Crippen molar-refractivity contribution in [3.05, 3.63) is 267 Å². The van der Waals surface area contributed by atoms with Gasteiger partial charge in [-0.1, -0.05) is 194 Å². The first-order valence-corrected chi connectivity index (χ1v) is 24.2. The summed E-state index contributed by atoms with van der Waals surface area (Å²) in [7, 11) is 0. The van der Waals surface area contributed by atoms with E-state index in [4.69, 9.17) is 0 Å². The Bertz CT molecular complexity index is 4170. The minimum absolute atomic E-state index is 1.08. The Balaban J connectivity index is 0.920. The second-order valence-electron chi connectivity index (χ2n) is 18.5. The fourth-order valence-corrected chi connectivity index (χ4v) is 11.2. The standard InChI is InChI=1S/C68H44N2/c1-2-17-55(18-3-1)70-65-24-11-10-23-64(65)68-66(70)44-51-15-6-9-22-63(51)67(68)54-16-12-19-58(43-54)69(56-35-29-45(30-36-56)49-33-39-61-52(41-49)27-25-47-13-4-7-20-59(47)61)57-37-31-46(32-38-57)50-34-40-62-53(42-50)28-26-48-14-5-8-21-60(48)62/h1-44H. The SMILES string of the molecule is c1ccc(-n2c3ccccc3c3c(-c4cccc(N(c5ccc(-c6ccc7c(ccc8ccccc87)c6)cc5)c5ccc(-c6ccc7c(ccc8ccccc87)c6)cc5)c4)c4ccccc4cc32)cc1. The lowest BCUT2D eigenvalue weighted by atomic mass is 9.92. The van der Waals surface area contributed by atoms with Crippen LogP contribution in [0.3, 0.4) is 0 Å². The average molecular weight is 889 g/mol. The summed E-state index contributed by atoms with van der Waals surface area (Å²) in [5.41, 5.74) is 14.0. The van der Waals surface area contributed by atoms with Gasteiger partial charge in [0.05, 0.1) is 11.0 Å². The number of anilines is 3.